The van der Waals surface area contributed by atoms with Gasteiger partial charge in [0, 0.05) is 53.7 Å². The van der Waals surface area contributed by atoms with Gasteiger partial charge in [-0.15, -0.1) is 0 Å². The van der Waals surface area contributed by atoms with Gasteiger partial charge in [0.05, 0.1) is 19.8 Å². The summed E-state index contributed by atoms with van der Waals surface area (Å²) in [5, 5.41) is 14.8. The Kier molecular flexibility index (Phi) is 9.55. The molecule has 55 heavy (non-hydrogen) atoms. The number of pyridine rings is 1. The first kappa shape index (κ1) is 37.1. The second-order valence-corrected chi connectivity index (χ2v) is 19.3. The van der Waals surface area contributed by atoms with Gasteiger partial charge in [0.2, 0.25) is 0 Å². The Balaban J connectivity index is 0.948. The number of aromatic nitrogens is 1. The molecule has 2 N–H and O–H groups in total. The van der Waals surface area contributed by atoms with Crippen LogP contribution < -0.4 is 19.5 Å². The highest BCUT2D eigenvalue weighted by Gasteiger charge is 2.62. The summed E-state index contributed by atoms with van der Waals surface area (Å²) in [4.78, 5) is 20.4. The molecule has 294 valence electrons. The van der Waals surface area contributed by atoms with Crippen molar-refractivity contribution in [2.75, 3.05) is 44.8 Å². The number of hydrogen-bond donors (Lipinski definition) is 2. The number of aryl methyl sites for hydroxylation is 1. The minimum atomic E-state index is -1.07. The highest BCUT2D eigenvalue weighted by Crippen LogP contribution is 2.62. The van der Waals surface area contributed by atoms with E-state index in [1.165, 1.54) is 48.3 Å². The maximum atomic E-state index is 13.1. The third kappa shape index (κ3) is 6.77. The zero-order valence-corrected chi connectivity index (χ0v) is 33.8. The van der Waals surface area contributed by atoms with Crippen LogP contribution in [-0.4, -0.2) is 66.0 Å². The molecule has 1 aromatic heterocycles. The predicted octanol–water partition coefficient (Wildman–Crippen LogP) is 9.17. The summed E-state index contributed by atoms with van der Waals surface area (Å²) in [5.41, 5.74) is 5.14. The number of piperidine rings is 1. The van der Waals surface area contributed by atoms with Gasteiger partial charge in [-0.2, -0.15) is 0 Å². The smallest absolute Gasteiger partial charge is 0.329 e. The minimum absolute atomic E-state index is 0.170. The standard InChI is InChI=1S/C46H58ClN3O5/c1-28(25-53-39-11-16-48-38-10-5-7-29(2)42(38)39)17-32-18-31-19-40-41(55-27-30(26-54-40)22-50-23-36-37(24-50)44(36,3)4)21-35(31)45(32)12-14-46(15-13-45,43(51)52)49-34-9-6-8-33(47)20-34/h6,8-9,11,16,19-21,28-30,32,36-37,49H,5,7,10,12-15,17-18,22-27H2,1-4H3,(H,51,52)/t28-,29-,30?,32?,36-,37+,45?,46?/m1/s1. The Morgan fingerprint density at radius 3 is 2.55 bits per heavy atom. The summed E-state index contributed by atoms with van der Waals surface area (Å²) >= 11 is 6.33. The van der Waals surface area contributed by atoms with Crippen molar-refractivity contribution in [1.82, 2.24) is 9.88 Å². The van der Waals surface area contributed by atoms with Crippen molar-refractivity contribution in [3.63, 3.8) is 0 Å². The molecule has 2 saturated carbocycles. The molecule has 3 fully saturated rings. The van der Waals surface area contributed by atoms with Gasteiger partial charge in [-0.3, -0.25) is 4.98 Å². The Morgan fingerprint density at radius 1 is 1.07 bits per heavy atom. The quantitative estimate of drug-likeness (QED) is 0.211. The fourth-order valence-electron chi connectivity index (χ4n) is 11.6. The summed E-state index contributed by atoms with van der Waals surface area (Å²) in [6.45, 7) is 14.8. The van der Waals surface area contributed by atoms with Crippen LogP contribution in [0.15, 0.2) is 48.7 Å². The van der Waals surface area contributed by atoms with E-state index in [2.05, 4.69) is 50.0 Å². The van der Waals surface area contributed by atoms with Gasteiger partial charge in [0.15, 0.2) is 11.5 Å². The third-order valence-electron chi connectivity index (χ3n) is 15.0. The van der Waals surface area contributed by atoms with Crippen molar-refractivity contribution < 1.29 is 24.1 Å². The van der Waals surface area contributed by atoms with Crippen LogP contribution in [0.4, 0.5) is 5.69 Å². The molecule has 1 saturated heterocycles. The van der Waals surface area contributed by atoms with Crippen molar-refractivity contribution >= 4 is 23.3 Å². The Morgan fingerprint density at radius 2 is 1.82 bits per heavy atom. The monoisotopic (exact) mass is 767 g/mol. The first-order valence-corrected chi connectivity index (χ1v) is 21.3. The van der Waals surface area contributed by atoms with E-state index in [-0.39, 0.29) is 5.41 Å². The minimum Gasteiger partial charge on any atom is -0.493 e. The van der Waals surface area contributed by atoms with E-state index in [0.29, 0.717) is 66.8 Å². The third-order valence-corrected chi connectivity index (χ3v) is 15.3. The normalized spacial score (nSPS) is 28.7. The Hall–Kier alpha value is -3.49. The lowest BCUT2D eigenvalue weighted by Crippen LogP contribution is -2.53. The fraction of sp³-hybridized carbons (Fsp3) is 0.609. The maximum Gasteiger partial charge on any atom is 0.329 e. The molecular formula is C46H58ClN3O5. The van der Waals surface area contributed by atoms with Gasteiger partial charge < -0.3 is 29.5 Å². The second kappa shape index (κ2) is 14.2. The van der Waals surface area contributed by atoms with Crippen molar-refractivity contribution in [1.29, 1.82) is 0 Å². The molecule has 3 heterocycles. The molecule has 0 radical (unpaired) electrons. The van der Waals surface area contributed by atoms with Crippen molar-refractivity contribution in [2.24, 2.45) is 35.0 Å². The zero-order chi connectivity index (χ0) is 38.1. The largest absolute Gasteiger partial charge is 0.493 e. The lowest BCUT2D eigenvalue weighted by Gasteiger charge is -2.47. The molecule has 9 rings (SSSR count). The van der Waals surface area contributed by atoms with Gasteiger partial charge in [-0.25, -0.2) is 4.79 Å². The average Bonchev–Trinajstić information content (AvgIpc) is 3.38. The number of aliphatic carboxylic acids is 1. The van der Waals surface area contributed by atoms with Gasteiger partial charge in [0.25, 0.3) is 0 Å². The topological polar surface area (TPSA) is 93.2 Å². The number of carbonyl (C=O) groups is 1. The molecule has 2 unspecified atom stereocenters. The number of anilines is 1. The molecular weight excluding hydrogens is 710 g/mol. The molecule has 2 aliphatic heterocycles. The molecule has 0 amide bonds. The van der Waals surface area contributed by atoms with Crippen LogP contribution >= 0.6 is 11.6 Å². The Labute approximate surface area is 331 Å². The molecule has 6 aliphatic rings. The number of nitrogens with one attached hydrogen (secondary N) is 1. The van der Waals surface area contributed by atoms with Crippen LogP contribution in [0.1, 0.15) is 101 Å². The molecule has 0 bridgehead atoms. The van der Waals surface area contributed by atoms with E-state index < -0.39 is 11.5 Å². The fourth-order valence-corrected chi connectivity index (χ4v) is 11.8. The lowest BCUT2D eigenvalue weighted by atomic mass is 9.59. The van der Waals surface area contributed by atoms with E-state index in [9.17, 15) is 9.90 Å². The van der Waals surface area contributed by atoms with E-state index >= 15 is 0 Å². The maximum absolute atomic E-state index is 13.1. The molecule has 1 spiro atoms. The number of benzene rings is 2. The zero-order valence-electron chi connectivity index (χ0n) is 33.0. The van der Waals surface area contributed by atoms with E-state index in [0.717, 1.165) is 73.4 Å². The lowest BCUT2D eigenvalue weighted by molar-refractivity contribution is -0.144. The van der Waals surface area contributed by atoms with E-state index in [4.69, 9.17) is 30.8 Å². The number of ether oxygens (including phenoxy) is 3. The summed E-state index contributed by atoms with van der Waals surface area (Å²) in [5.74, 6) is 4.98. The van der Waals surface area contributed by atoms with Gasteiger partial charge in [-0.1, -0.05) is 45.4 Å². The summed E-state index contributed by atoms with van der Waals surface area (Å²) in [7, 11) is 0. The number of halogens is 1. The van der Waals surface area contributed by atoms with E-state index in [1.807, 2.05) is 36.5 Å². The van der Waals surface area contributed by atoms with E-state index in [1.54, 1.807) is 0 Å². The number of nitrogens with zero attached hydrogens (tertiary/aromatic N) is 2. The van der Waals surface area contributed by atoms with Crippen LogP contribution in [0, 0.1) is 35.0 Å². The molecule has 9 heteroatoms. The number of carboxylic acid groups (broad SMARTS) is 1. The van der Waals surface area contributed by atoms with Crippen molar-refractivity contribution in [3.8, 4) is 17.2 Å². The summed E-state index contributed by atoms with van der Waals surface area (Å²) in [6.07, 6.45) is 9.78. The van der Waals surface area contributed by atoms with Crippen LogP contribution in [0.2, 0.25) is 5.02 Å². The highest BCUT2D eigenvalue weighted by molar-refractivity contribution is 6.30. The summed E-state index contributed by atoms with van der Waals surface area (Å²) in [6, 6.07) is 14.0. The second-order valence-electron chi connectivity index (χ2n) is 18.9. The number of likely N-dealkylation sites (tertiary alicyclic amines) is 1. The van der Waals surface area contributed by atoms with Gasteiger partial charge >= 0.3 is 5.97 Å². The number of fused-ring (bicyclic) bond motifs is 5. The van der Waals surface area contributed by atoms with Crippen LogP contribution in [0.3, 0.4) is 0 Å². The van der Waals surface area contributed by atoms with Crippen molar-refractivity contribution in [3.05, 3.63) is 76.1 Å². The van der Waals surface area contributed by atoms with Crippen LogP contribution in [0.5, 0.6) is 17.2 Å². The molecule has 8 nitrogen and oxygen atoms in total. The van der Waals surface area contributed by atoms with Crippen LogP contribution in [0.25, 0.3) is 0 Å². The first-order valence-electron chi connectivity index (χ1n) is 21.0. The molecule has 6 atom stereocenters. The molecule has 4 aliphatic carbocycles. The highest BCUT2D eigenvalue weighted by atomic mass is 35.5. The van der Waals surface area contributed by atoms with Crippen molar-refractivity contribution in [2.45, 2.75) is 102 Å². The average molecular weight is 768 g/mol. The number of carboxylic acids is 1. The number of hydrogen-bond acceptors (Lipinski definition) is 7. The molecule has 3 aromatic rings. The van der Waals surface area contributed by atoms with Crippen LogP contribution in [-0.2, 0) is 23.1 Å². The molecule has 2 aromatic carbocycles. The Bertz CT molecular complexity index is 1930. The SMILES string of the molecule is C[C@@H](COc1ccnc2c1[C@H](C)CCC2)CC1Cc2cc3c(cc2C12CCC(Nc1cccc(Cl)c1)(C(=O)O)CC2)OCC(CN1C[C@@H]2[C@H](C1)C2(C)C)CO3. The first-order chi connectivity index (χ1) is 26.4. The summed E-state index contributed by atoms with van der Waals surface area (Å²) < 4.78 is 19.8. The number of rotatable bonds is 10. The predicted molar refractivity (Wildman–Crippen MR) is 216 cm³/mol. The van der Waals surface area contributed by atoms with Gasteiger partial charge in [0.1, 0.15) is 11.3 Å². The van der Waals surface area contributed by atoms with Gasteiger partial charge in [-0.05, 0) is 146 Å².